The zero-order valence-electron chi connectivity index (χ0n) is 27.1. The molecule has 3 aromatic rings. The number of carbonyl (C=O) groups excluding carboxylic acids is 2. The van der Waals surface area contributed by atoms with E-state index in [0.29, 0.717) is 19.3 Å². The number of nitrogens with one attached hydrogen (secondary N) is 3. The lowest BCUT2D eigenvalue weighted by molar-refractivity contribution is -0.132. The van der Waals surface area contributed by atoms with E-state index in [0.717, 1.165) is 27.7 Å². The first kappa shape index (κ1) is 35.3. The van der Waals surface area contributed by atoms with Crippen molar-refractivity contribution in [2.24, 2.45) is 11.8 Å². The van der Waals surface area contributed by atoms with Gasteiger partial charge in [0, 0.05) is 29.2 Å². The zero-order valence-corrected chi connectivity index (χ0v) is 27.9. The highest BCUT2D eigenvalue weighted by Crippen LogP contribution is 2.36. The Labute approximate surface area is 275 Å². The van der Waals surface area contributed by atoms with Gasteiger partial charge in [-0.3, -0.25) is 9.59 Å². The van der Waals surface area contributed by atoms with Crippen LogP contribution in [-0.2, 0) is 20.7 Å². The van der Waals surface area contributed by atoms with Gasteiger partial charge in [0.1, 0.15) is 6.04 Å². The number of rotatable bonds is 13. The molecule has 6 unspecified atom stereocenters. The lowest BCUT2D eigenvalue weighted by Gasteiger charge is -2.38. The van der Waals surface area contributed by atoms with E-state index < -0.39 is 35.7 Å². The van der Waals surface area contributed by atoms with E-state index in [2.05, 4.69) is 16.0 Å². The number of hydrogen-bond acceptors (Lipinski definition) is 6. The fourth-order valence-electron chi connectivity index (χ4n) is 6.24. The van der Waals surface area contributed by atoms with Crippen molar-refractivity contribution in [2.75, 3.05) is 12.9 Å². The standard InChI is InChI=1S/C36H47N3O6S/c1-36(2,3)39-33(41)28-18-17-26(45-4)20-25(28)21-31(40)29(19-23-11-6-5-7-12-23)37-34(42)30(38-35(43)44)22-46-32-16-10-14-24-13-8-9-15-27(24)32/h5-16,25-26,28-31,38,40H,17-22H2,1-4H3,(H,37,42)(H,39,41)(H,43,44). The number of thioether (sulfide) groups is 1. The molecule has 10 heteroatoms. The molecule has 0 spiro atoms. The van der Waals surface area contributed by atoms with E-state index in [-0.39, 0.29) is 36.0 Å². The van der Waals surface area contributed by atoms with E-state index in [1.165, 1.54) is 11.8 Å². The van der Waals surface area contributed by atoms with Crippen LogP contribution in [-0.4, -0.2) is 70.8 Å². The number of carboxylic acid groups (broad SMARTS) is 1. The molecule has 0 bridgehead atoms. The van der Waals surface area contributed by atoms with Crippen LogP contribution < -0.4 is 16.0 Å². The molecular weight excluding hydrogens is 602 g/mol. The van der Waals surface area contributed by atoms with E-state index in [1.807, 2.05) is 93.6 Å². The van der Waals surface area contributed by atoms with Crippen LogP contribution >= 0.6 is 11.8 Å². The maximum atomic E-state index is 13.7. The predicted octanol–water partition coefficient (Wildman–Crippen LogP) is 5.39. The minimum atomic E-state index is -1.31. The Hall–Kier alpha value is -3.60. The molecule has 3 amide bonds. The summed E-state index contributed by atoms with van der Waals surface area (Å²) in [4.78, 5) is 39.8. The number of fused-ring (bicyclic) bond motifs is 1. The second-order valence-corrected chi connectivity index (χ2v) is 14.2. The summed E-state index contributed by atoms with van der Waals surface area (Å²) >= 11 is 1.40. The second kappa shape index (κ2) is 16.3. The Kier molecular flexibility index (Phi) is 12.5. The number of hydrogen-bond donors (Lipinski definition) is 5. The number of amides is 3. The molecule has 0 saturated heterocycles. The fourth-order valence-corrected chi connectivity index (χ4v) is 7.34. The molecule has 6 atom stereocenters. The molecule has 5 N–H and O–H groups in total. The number of carbonyl (C=O) groups is 3. The maximum Gasteiger partial charge on any atom is 0.405 e. The summed E-state index contributed by atoms with van der Waals surface area (Å²) in [5.74, 6) is -0.865. The van der Waals surface area contributed by atoms with Crippen molar-refractivity contribution in [3.05, 3.63) is 78.4 Å². The van der Waals surface area contributed by atoms with E-state index in [4.69, 9.17) is 4.74 Å². The number of ether oxygens (including phenoxy) is 1. The van der Waals surface area contributed by atoms with Gasteiger partial charge >= 0.3 is 6.09 Å². The smallest absolute Gasteiger partial charge is 0.405 e. The first-order chi connectivity index (χ1) is 21.9. The third kappa shape index (κ3) is 10.2. The molecule has 9 nitrogen and oxygen atoms in total. The molecule has 0 heterocycles. The van der Waals surface area contributed by atoms with Crippen molar-refractivity contribution in [1.29, 1.82) is 0 Å². The molecule has 0 radical (unpaired) electrons. The molecule has 46 heavy (non-hydrogen) atoms. The van der Waals surface area contributed by atoms with Gasteiger partial charge in [0.25, 0.3) is 0 Å². The molecule has 1 aliphatic rings. The summed E-state index contributed by atoms with van der Waals surface area (Å²) in [5, 5.41) is 31.9. The highest BCUT2D eigenvalue weighted by atomic mass is 32.2. The third-order valence-corrected chi connectivity index (χ3v) is 9.67. The van der Waals surface area contributed by atoms with Crippen LogP contribution in [0.1, 0.15) is 52.0 Å². The van der Waals surface area contributed by atoms with Crippen LogP contribution in [0.15, 0.2) is 77.7 Å². The summed E-state index contributed by atoms with van der Waals surface area (Å²) in [6.45, 7) is 5.84. The molecular formula is C36H47N3O6S. The fraction of sp³-hybridized carbons (Fsp3) is 0.472. The highest BCUT2D eigenvalue weighted by Gasteiger charge is 2.39. The van der Waals surface area contributed by atoms with Gasteiger partial charge in [-0.25, -0.2) is 4.79 Å². The first-order valence-corrected chi connectivity index (χ1v) is 16.9. The van der Waals surface area contributed by atoms with Gasteiger partial charge in [0.15, 0.2) is 0 Å². The van der Waals surface area contributed by atoms with Crippen molar-refractivity contribution in [2.45, 2.75) is 87.6 Å². The number of aliphatic hydroxyl groups is 1. The Morgan fingerprint density at radius 3 is 2.35 bits per heavy atom. The van der Waals surface area contributed by atoms with Gasteiger partial charge in [-0.2, -0.15) is 0 Å². The monoisotopic (exact) mass is 649 g/mol. The minimum Gasteiger partial charge on any atom is -0.465 e. The van der Waals surface area contributed by atoms with Crippen LogP contribution in [0.25, 0.3) is 10.8 Å². The number of benzene rings is 3. The van der Waals surface area contributed by atoms with Crippen molar-refractivity contribution in [1.82, 2.24) is 16.0 Å². The molecule has 1 saturated carbocycles. The minimum absolute atomic E-state index is 0.0201. The Morgan fingerprint density at radius 2 is 1.65 bits per heavy atom. The normalized spacial score (nSPS) is 20.3. The third-order valence-electron chi connectivity index (χ3n) is 8.51. The average molecular weight is 650 g/mol. The lowest BCUT2D eigenvalue weighted by Crippen LogP contribution is -2.54. The highest BCUT2D eigenvalue weighted by molar-refractivity contribution is 7.99. The van der Waals surface area contributed by atoms with Crippen molar-refractivity contribution in [3.8, 4) is 0 Å². The Balaban J connectivity index is 1.53. The number of aliphatic hydroxyl groups excluding tert-OH is 1. The molecule has 0 aliphatic heterocycles. The van der Waals surface area contributed by atoms with Crippen molar-refractivity contribution >= 4 is 40.4 Å². The van der Waals surface area contributed by atoms with Gasteiger partial charge in [0.2, 0.25) is 11.8 Å². The van der Waals surface area contributed by atoms with Crippen LogP contribution in [0.4, 0.5) is 4.79 Å². The van der Waals surface area contributed by atoms with Gasteiger partial charge < -0.3 is 30.9 Å². The Bertz CT molecular complexity index is 1460. The quantitative estimate of drug-likeness (QED) is 0.157. The maximum absolute atomic E-state index is 13.7. The zero-order chi connectivity index (χ0) is 33.3. The summed E-state index contributed by atoms with van der Waals surface area (Å²) < 4.78 is 5.66. The Morgan fingerprint density at radius 1 is 0.957 bits per heavy atom. The van der Waals surface area contributed by atoms with Crippen molar-refractivity contribution in [3.63, 3.8) is 0 Å². The van der Waals surface area contributed by atoms with E-state index in [1.54, 1.807) is 7.11 Å². The van der Waals surface area contributed by atoms with E-state index in [9.17, 15) is 24.6 Å². The molecule has 4 rings (SSSR count). The molecule has 248 valence electrons. The van der Waals surface area contributed by atoms with Crippen LogP contribution in [0.3, 0.4) is 0 Å². The van der Waals surface area contributed by atoms with Gasteiger partial charge in [-0.1, -0.05) is 66.7 Å². The van der Waals surface area contributed by atoms with Crippen LogP contribution in [0.5, 0.6) is 0 Å². The van der Waals surface area contributed by atoms with Gasteiger partial charge in [0.05, 0.1) is 18.2 Å². The predicted molar refractivity (Wildman–Crippen MR) is 182 cm³/mol. The molecule has 1 aliphatic carbocycles. The molecule has 0 aromatic heterocycles. The summed E-state index contributed by atoms with van der Waals surface area (Å²) in [6, 6.07) is 21.6. The second-order valence-electron chi connectivity index (χ2n) is 13.2. The number of methoxy groups -OCH3 is 1. The summed E-state index contributed by atoms with van der Waals surface area (Å²) in [7, 11) is 1.66. The lowest BCUT2D eigenvalue weighted by atomic mass is 9.73. The van der Waals surface area contributed by atoms with Gasteiger partial charge in [-0.05, 0) is 81.2 Å². The largest absolute Gasteiger partial charge is 0.465 e. The van der Waals surface area contributed by atoms with Gasteiger partial charge in [-0.15, -0.1) is 11.8 Å². The topological polar surface area (TPSA) is 137 Å². The van der Waals surface area contributed by atoms with Crippen LogP contribution in [0.2, 0.25) is 0 Å². The van der Waals surface area contributed by atoms with E-state index >= 15 is 0 Å². The molecule has 1 fully saturated rings. The van der Waals surface area contributed by atoms with Crippen LogP contribution in [0, 0.1) is 11.8 Å². The summed E-state index contributed by atoms with van der Waals surface area (Å²) in [5.41, 5.74) is 0.526. The average Bonchev–Trinajstić information content (AvgIpc) is 3.02. The molecule has 3 aromatic carbocycles. The summed E-state index contributed by atoms with van der Waals surface area (Å²) in [6.07, 6.45) is 0.312. The van der Waals surface area contributed by atoms with Crippen molar-refractivity contribution < 1.29 is 29.3 Å². The first-order valence-electron chi connectivity index (χ1n) is 15.9. The SMILES string of the molecule is COC1CCC(C(=O)NC(C)(C)C)C(CC(O)C(Cc2ccccc2)NC(=O)C(CSc2cccc3ccccc23)NC(=O)O)C1.